The summed E-state index contributed by atoms with van der Waals surface area (Å²) in [6.45, 7) is 2.49. The van der Waals surface area contributed by atoms with E-state index >= 15 is 0 Å². The first-order chi connectivity index (χ1) is 9.36. The van der Waals surface area contributed by atoms with Crippen molar-refractivity contribution in [3.8, 4) is 0 Å². The van der Waals surface area contributed by atoms with Crippen LogP contribution >= 0.6 is 0 Å². The van der Waals surface area contributed by atoms with Gasteiger partial charge in [-0.1, -0.05) is 18.2 Å². The van der Waals surface area contributed by atoms with Gasteiger partial charge in [0.15, 0.2) is 9.84 Å². The maximum absolute atomic E-state index is 12.4. The van der Waals surface area contributed by atoms with Gasteiger partial charge >= 0.3 is 0 Å². The van der Waals surface area contributed by atoms with Gasteiger partial charge in [0.1, 0.15) is 5.25 Å². The van der Waals surface area contributed by atoms with Gasteiger partial charge in [-0.25, -0.2) is 8.42 Å². The summed E-state index contributed by atoms with van der Waals surface area (Å²) in [5.41, 5.74) is 7.50. The topological polar surface area (TPSA) is 80.5 Å². The minimum atomic E-state index is -3.39. The number of para-hydroxylation sites is 1. The van der Waals surface area contributed by atoms with E-state index in [1.807, 2.05) is 24.3 Å². The van der Waals surface area contributed by atoms with Crippen molar-refractivity contribution in [3.63, 3.8) is 0 Å². The number of fused-ring (bicyclic) bond motifs is 1. The summed E-state index contributed by atoms with van der Waals surface area (Å²) in [7, 11) is -3.39. The van der Waals surface area contributed by atoms with E-state index in [9.17, 15) is 13.2 Å². The van der Waals surface area contributed by atoms with E-state index in [-0.39, 0.29) is 11.8 Å². The molecule has 2 atom stereocenters. The lowest BCUT2D eigenvalue weighted by Crippen LogP contribution is -2.40. The first-order valence-corrected chi connectivity index (χ1v) is 8.61. The van der Waals surface area contributed by atoms with Crippen molar-refractivity contribution >= 4 is 21.4 Å². The highest BCUT2D eigenvalue weighted by Crippen LogP contribution is 2.38. The van der Waals surface area contributed by atoms with E-state index in [0.29, 0.717) is 13.1 Å². The van der Waals surface area contributed by atoms with E-state index in [2.05, 4.69) is 0 Å². The Kier molecular flexibility index (Phi) is 4.15. The van der Waals surface area contributed by atoms with Crippen LogP contribution in [0.5, 0.6) is 0 Å². The van der Waals surface area contributed by atoms with Crippen LogP contribution in [0.1, 0.15) is 24.8 Å². The summed E-state index contributed by atoms with van der Waals surface area (Å²) in [6, 6.07) is 7.62. The summed E-state index contributed by atoms with van der Waals surface area (Å²) < 4.78 is 23.2. The SMILES string of the molecule is CC(C(=O)N1CC(CCN)c2ccccc21)S(C)(=O)=O. The summed E-state index contributed by atoms with van der Waals surface area (Å²) in [4.78, 5) is 14.0. The maximum atomic E-state index is 12.4. The van der Waals surface area contributed by atoms with Crippen molar-refractivity contribution in [2.24, 2.45) is 5.73 Å². The number of hydrogen-bond donors (Lipinski definition) is 1. The molecule has 6 heteroatoms. The average molecular weight is 296 g/mol. The molecule has 110 valence electrons. The lowest BCUT2D eigenvalue weighted by Gasteiger charge is -2.21. The number of hydrogen-bond acceptors (Lipinski definition) is 4. The first kappa shape index (κ1) is 15.0. The van der Waals surface area contributed by atoms with Crippen molar-refractivity contribution in [1.82, 2.24) is 0 Å². The number of benzene rings is 1. The molecule has 2 rings (SSSR count). The lowest BCUT2D eigenvalue weighted by atomic mass is 9.98. The molecule has 1 amide bonds. The molecule has 0 fully saturated rings. The van der Waals surface area contributed by atoms with Crippen LogP contribution in [0.2, 0.25) is 0 Å². The second kappa shape index (κ2) is 5.54. The molecule has 1 aromatic rings. The number of anilines is 1. The number of nitrogens with two attached hydrogens (primary N) is 1. The molecule has 1 aliphatic heterocycles. The molecular formula is C14H20N2O3S. The van der Waals surface area contributed by atoms with Gasteiger partial charge < -0.3 is 10.6 Å². The quantitative estimate of drug-likeness (QED) is 0.895. The molecule has 0 aliphatic carbocycles. The number of nitrogens with zero attached hydrogens (tertiary/aromatic N) is 1. The Labute approximate surface area is 119 Å². The van der Waals surface area contributed by atoms with Crippen molar-refractivity contribution in [1.29, 1.82) is 0 Å². The molecule has 0 bridgehead atoms. The zero-order valence-corrected chi connectivity index (χ0v) is 12.6. The van der Waals surface area contributed by atoms with Crippen LogP contribution in [0.4, 0.5) is 5.69 Å². The Morgan fingerprint density at radius 1 is 1.45 bits per heavy atom. The second-order valence-corrected chi connectivity index (χ2v) is 7.62. The van der Waals surface area contributed by atoms with E-state index < -0.39 is 15.1 Å². The van der Waals surface area contributed by atoms with Gasteiger partial charge in [-0.2, -0.15) is 0 Å². The minimum Gasteiger partial charge on any atom is -0.330 e. The van der Waals surface area contributed by atoms with Crippen LogP contribution in [0.15, 0.2) is 24.3 Å². The molecule has 5 nitrogen and oxygen atoms in total. The molecule has 1 aromatic carbocycles. The summed E-state index contributed by atoms with van der Waals surface area (Å²) in [5.74, 6) is -0.175. The normalized spacial score (nSPS) is 19.8. The molecule has 0 saturated carbocycles. The summed E-state index contributed by atoms with van der Waals surface area (Å²) in [6.07, 6.45) is 1.88. The highest BCUT2D eigenvalue weighted by Gasteiger charge is 2.36. The first-order valence-electron chi connectivity index (χ1n) is 6.65. The van der Waals surface area contributed by atoms with Crippen LogP contribution < -0.4 is 10.6 Å². The minimum absolute atomic E-state index is 0.187. The smallest absolute Gasteiger partial charge is 0.245 e. The van der Waals surface area contributed by atoms with Crippen molar-refractivity contribution < 1.29 is 13.2 Å². The maximum Gasteiger partial charge on any atom is 0.245 e. The fourth-order valence-corrected chi connectivity index (χ4v) is 3.05. The Hall–Kier alpha value is -1.40. The van der Waals surface area contributed by atoms with Crippen LogP contribution in [0.25, 0.3) is 0 Å². The number of carbonyl (C=O) groups excluding carboxylic acids is 1. The molecule has 1 heterocycles. The molecule has 1 aliphatic rings. The van der Waals surface area contributed by atoms with Crippen LogP contribution in [-0.4, -0.2) is 38.9 Å². The zero-order chi connectivity index (χ0) is 14.9. The third-order valence-electron chi connectivity index (χ3n) is 3.84. The van der Waals surface area contributed by atoms with Crippen molar-refractivity contribution in [3.05, 3.63) is 29.8 Å². The summed E-state index contributed by atoms with van der Waals surface area (Å²) in [5, 5.41) is -1.02. The average Bonchev–Trinajstić information content (AvgIpc) is 2.76. The van der Waals surface area contributed by atoms with Crippen molar-refractivity contribution in [2.45, 2.75) is 24.5 Å². The molecule has 2 N–H and O–H groups in total. The van der Waals surface area contributed by atoms with E-state index in [4.69, 9.17) is 5.73 Å². The summed E-state index contributed by atoms with van der Waals surface area (Å²) >= 11 is 0. The van der Waals surface area contributed by atoms with E-state index in [1.54, 1.807) is 4.90 Å². The highest BCUT2D eigenvalue weighted by molar-refractivity contribution is 7.92. The fraction of sp³-hybridized carbons (Fsp3) is 0.500. The van der Waals surface area contributed by atoms with Crippen LogP contribution in [-0.2, 0) is 14.6 Å². The van der Waals surface area contributed by atoms with Gasteiger partial charge in [-0.3, -0.25) is 4.79 Å². The number of rotatable bonds is 4. The van der Waals surface area contributed by atoms with Gasteiger partial charge in [-0.05, 0) is 31.5 Å². The largest absolute Gasteiger partial charge is 0.330 e. The predicted molar refractivity (Wildman–Crippen MR) is 79.5 cm³/mol. The number of sulfone groups is 1. The van der Waals surface area contributed by atoms with Gasteiger partial charge in [0.05, 0.1) is 0 Å². The number of amides is 1. The third-order valence-corrected chi connectivity index (χ3v) is 5.33. The van der Waals surface area contributed by atoms with Gasteiger partial charge in [0, 0.05) is 24.4 Å². The molecular weight excluding hydrogens is 276 g/mol. The van der Waals surface area contributed by atoms with Gasteiger partial charge in [0.2, 0.25) is 5.91 Å². The third kappa shape index (κ3) is 2.71. The Bertz CT molecular complexity index is 613. The molecule has 0 saturated heterocycles. The molecule has 20 heavy (non-hydrogen) atoms. The zero-order valence-electron chi connectivity index (χ0n) is 11.7. The highest BCUT2D eigenvalue weighted by atomic mass is 32.2. The molecule has 0 spiro atoms. The van der Waals surface area contributed by atoms with Gasteiger partial charge in [0.25, 0.3) is 0 Å². The number of carbonyl (C=O) groups is 1. The van der Waals surface area contributed by atoms with Crippen LogP contribution in [0.3, 0.4) is 0 Å². The standard InChI is InChI=1S/C14H20N2O3S/c1-10(20(2,18)19)14(17)16-9-11(7-8-15)12-5-3-4-6-13(12)16/h3-6,10-11H,7-9,15H2,1-2H3. The van der Waals surface area contributed by atoms with E-state index in [1.165, 1.54) is 6.92 Å². The second-order valence-electron chi connectivity index (χ2n) is 5.25. The van der Waals surface area contributed by atoms with Crippen LogP contribution in [0, 0.1) is 0 Å². The fourth-order valence-electron chi connectivity index (χ4n) is 2.55. The Morgan fingerprint density at radius 2 is 2.10 bits per heavy atom. The molecule has 0 aromatic heterocycles. The Morgan fingerprint density at radius 3 is 2.70 bits per heavy atom. The Balaban J connectivity index is 2.33. The molecule has 0 radical (unpaired) electrons. The monoisotopic (exact) mass is 296 g/mol. The van der Waals surface area contributed by atoms with Crippen molar-refractivity contribution in [2.75, 3.05) is 24.2 Å². The predicted octanol–water partition coefficient (Wildman–Crippen LogP) is 0.899. The lowest BCUT2D eigenvalue weighted by molar-refractivity contribution is -0.117. The van der Waals surface area contributed by atoms with E-state index in [0.717, 1.165) is 23.9 Å². The van der Waals surface area contributed by atoms with Gasteiger partial charge in [-0.15, -0.1) is 0 Å². The molecule has 2 unspecified atom stereocenters.